The fourth-order valence-electron chi connectivity index (χ4n) is 2.93. The number of hydrogen-bond donors (Lipinski definition) is 4. The van der Waals surface area contributed by atoms with Crippen LogP contribution in [0.4, 0.5) is 5.69 Å². The molecule has 0 unspecified atom stereocenters. The van der Waals surface area contributed by atoms with Crippen molar-refractivity contribution in [2.24, 2.45) is 0 Å². The smallest absolute Gasteiger partial charge is 0.224 e. The lowest BCUT2D eigenvalue weighted by molar-refractivity contribution is -0.124. The molecule has 1 aromatic carbocycles. The van der Waals surface area contributed by atoms with Gasteiger partial charge < -0.3 is 20.6 Å². The van der Waals surface area contributed by atoms with E-state index in [-0.39, 0.29) is 24.7 Å². The van der Waals surface area contributed by atoms with Crippen LogP contribution in [0.15, 0.2) is 18.2 Å². The van der Waals surface area contributed by atoms with E-state index < -0.39 is 0 Å². The summed E-state index contributed by atoms with van der Waals surface area (Å²) in [5.74, 6) is -0.211. The van der Waals surface area contributed by atoms with E-state index in [0.717, 1.165) is 23.9 Å². The maximum atomic E-state index is 12.0. The minimum absolute atomic E-state index is 0.0442. The summed E-state index contributed by atoms with van der Waals surface area (Å²) in [6, 6.07) is 5.77. The highest BCUT2D eigenvalue weighted by Gasteiger charge is 2.17. The van der Waals surface area contributed by atoms with Gasteiger partial charge in [0.2, 0.25) is 11.8 Å². The van der Waals surface area contributed by atoms with E-state index >= 15 is 0 Å². The van der Waals surface area contributed by atoms with Gasteiger partial charge in [-0.15, -0.1) is 0 Å². The van der Waals surface area contributed by atoms with Crippen LogP contribution in [-0.4, -0.2) is 27.8 Å². The Labute approximate surface area is 139 Å². The molecule has 2 aromatic rings. The van der Waals surface area contributed by atoms with Crippen LogP contribution in [0.5, 0.6) is 0 Å². The van der Waals surface area contributed by atoms with Crippen LogP contribution in [0.1, 0.15) is 38.5 Å². The van der Waals surface area contributed by atoms with Crippen molar-refractivity contribution in [3.63, 3.8) is 0 Å². The van der Waals surface area contributed by atoms with Crippen LogP contribution in [-0.2, 0) is 9.59 Å². The molecule has 0 aliphatic heterocycles. The number of rotatable bonds is 5. The van der Waals surface area contributed by atoms with E-state index in [1.807, 2.05) is 12.1 Å². The van der Waals surface area contributed by atoms with Crippen LogP contribution in [0.25, 0.3) is 11.0 Å². The number of hydrogen-bond acceptors (Lipinski definition) is 3. The van der Waals surface area contributed by atoms with E-state index in [1.165, 1.54) is 12.8 Å². The number of imidazole rings is 1. The Kier molecular flexibility index (Phi) is 4.76. The quantitative estimate of drug-likeness (QED) is 0.635. The summed E-state index contributed by atoms with van der Waals surface area (Å²) >= 11 is 5.03. The minimum atomic E-state index is -0.167. The van der Waals surface area contributed by atoms with Gasteiger partial charge in [0.25, 0.3) is 0 Å². The molecule has 7 heteroatoms. The van der Waals surface area contributed by atoms with Crippen LogP contribution < -0.4 is 10.6 Å². The number of fused-ring (bicyclic) bond motifs is 1. The SMILES string of the molecule is O=C(CCC(=O)NC1CCCC1)Nc1ccc2[nH]c(=S)[nH]c2c1. The van der Waals surface area contributed by atoms with Gasteiger partial charge >= 0.3 is 0 Å². The van der Waals surface area contributed by atoms with Crippen LogP contribution in [0.3, 0.4) is 0 Å². The second-order valence-electron chi connectivity index (χ2n) is 5.94. The summed E-state index contributed by atoms with van der Waals surface area (Å²) < 4.78 is 0.548. The Morgan fingerprint density at radius 2 is 1.78 bits per heavy atom. The van der Waals surface area contributed by atoms with E-state index in [1.54, 1.807) is 6.07 Å². The number of benzene rings is 1. The third-order valence-electron chi connectivity index (χ3n) is 4.10. The highest BCUT2D eigenvalue weighted by molar-refractivity contribution is 7.71. The molecule has 0 bridgehead atoms. The van der Waals surface area contributed by atoms with E-state index in [4.69, 9.17) is 12.2 Å². The predicted molar refractivity (Wildman–Crippen MR) is 91.7 cm³/mol. The molecule has 4 N–H and O–H groups in total. The number of aromatic amines is 2. The monoisotopic (exact) mass is 332 g/mol. The molecule has 0 spiro atoms. The summed E-state index contributed by atoms with van der Waals surface area (Å²) in [7, 11) is 0. The van der Waals surface area contributed by atoms with Crippen molar-refractivity contribution in [3.05, 3.63) is 23.0 Å². The standard InChI is InChI=1S/C16H20N4O2S/c21-14(17-10-3-1-2-4-10)7-8-15(22)18-11-5-6-12-13(9-11)20-16(23)19-12/h5-6,9-10H,1-4,7-8H2,(H,17,21)(H,18,22)(H2,19,20,23). The number of amides is 2. The Morgan fingerprint density at radius 1 is 1.09 bits per heavy atom. The molecule has 122 valence electrons. The number of nitrogens with one attached hydrogen (secondary N) is 4. The zero-order chi connectivity index (χ0) is 16.2. The first-order chi connectivity index (χ1) is 11.1. The summed E-state index contributed by atoms with van der Waals surface area (Å²) in [6.07, 6.45) is 4.86. The largest absolute Gasteiger partial charge is 0.353 e. The molecule has 0 saturated heterocycles. The van der Waals surface area contributed by atoms with Crippen molar-refractivity contribution >= 4 is 40.8 Å². The van der Waals surface area contributed by atoms with Crippen molar-refractivity contribution in [1.29, 1.82) is 0 Å². The Morgan fingerprint density at radius 3 is 2.57 bits per heavy atom. The molecule has 2 amide bonds. The van der Waals surface area contributed by atoms with Gasteiger partial charge in [-0.05, 0) is 43.3 Å². The highest BCUT2D eigenvalue weighted by Crippen LogP contribution is 2.18. The van der Waals surface area contributed by atoms with Gasteiger partial charge in [0.1, 0.15) is 0 Å². The van der Waals surface area contributed by atoms with Crippen LogP contribution in [0.2, 0.25) is 0 Å². The van der Waals surface area contributed by atoms with Gasteiger partial charge in [-0.3, -0.25) is 9.59 Å². The molecule has 0 radical (unpaired) electrons. The summed E-state index contributed by atoms with van der Waals surface area (Å²) in [5, 5.41) is 5.79. The number of H-pyrrole nitrogens is 2. The molecule has 6 nitrogen and oxygen atoms in total. The first-order valence-corrected chi connectivity index (χ1v) is 8.32. The molecule has 23 heavy (non-hydrogen) atoms. The summed E-state index contributed by atoms with van der Waals surface area (Å²) in [5.41, 5.74) is 2.42. The lowest BCUT2D eigenvalue weighted by Gasteiger charge is -2.11. The van der Waals surface area contributed by atoms with Crippen molar-refractivity contribution < 1.29 is 9.59 Å². The average Bonchev–Trinajstić information content (AvgIpc) is 3.13. The molecule has 1 aromatic heterocycles. The first-order valence-electron chi connectivity index (χ1n) is 7.91. The van der Waals surface area contributed by atoms with Gasteiger partial charge in [0, 0.05) is 24.6 Å². The molecular formula is C16H20N4O2S. The molecule has 0 atom stereocenters. The molecule has 1 saturated carbocycles. The molecule has 1 aliphatic carbocycles. The first kappa shape index (κ1) is 15.7. The van der Waals surface area contributed by atoms with Crippen LogP contribution in [0, 0.1) is 4.77 Å². The van der Waals surface area contributed by atoms with Crippen molar-refractivity contribution in [1.82, 2.24) is 15.3 Å². The van der Waals surface area contributed by atoms with Gasteiger partial charge in [0.15, 0.2) is 4.77 Å². The third-order valence-corrected chi connectivity index (χ3v) is 4.30. The van der Waals surface area contributed by atoms with E-state index in [9.17, 15) is 9.59 Å². The maximum absolute atomic E-state index is 12.0. The Balaban J connectivity index is 1.49. The van der Waals surface area contributed by atoms with E-state index in [0.29, 0.717) is 16.5 Å². The lowest BCUT2D eigenvalue weighted by atomic mass is 10.2. The zero-order valence-corrected chi connectivity index (χ0v) is 13.6. The maximum Gasteiger partial charge on any atom is 0.224 e. The topological polar surface area (TPSA) is 89.8 Å². The Hall–Kier alpha value is -2.15. The fourth-order valence-corrected chi connectivity index (χ4v) is 3.15. The minimum Gasteiger partial charge on any atom is -0.353 e. The second kappa shape index (κ2) is 6.95. The summed E-state index contributed by atoms with van der Waals surface area (Å²) in [6.45, 7) is 0. The fraction of sp³-hybridized carbons (Fsp3) is 0.438. The number of carbonyl (C=O) groups excluding carboxylic acids is 2. The molecular weight excluding hydrogens is 312 g/mol. The van der Waals surface area contributed by atoms with Crippen molar-refractivity contribution in [3.8, 4) is 0 Å². The number of anilines is 1. The van der Waals surface area contributed by atoms with Crippen LogP contribution >= 0.6 is 12.2 Å². The average molecular weight is 332 g/mol. The summed E-state index contributed by atoms with van der Waals surface area (Å²) in [4.78, 5) is 29.8. The molecule has 1 fully saturated rings. The lowest BCUT2D eigenvalue weighted by Crippen LogP contribution is -2.33. The zero-order valence-electron chi connectivity index (χ0n) is 12.8. The number of aromatic nitrogens is 2. The van der Waals surface area contributed by atoms with Gasteiger partial charge in [-0.2, -0.15) is 0 Å². The highest BCUT2D eigenvalue weighted by atomic mass is 32.1. The second-order valence-corrected chi connectivity index (χ2v) is 6.34. The third kappa shape index (κ3) is 4.19. The normalized spacial score (nSPS) is 15.0. The molecule has 1 heterocycles. The Bertz CT molecular complexity index is 774. The molecule has 3 rings (SSSR count). The van der Waals surface area contributed by atoms with E-state index in [2.05, 4.69) is 20.6 Å². The van der Waals surface area contributed by atoms with Gasteiger partial charge in [-0.1, -0.05) is 12.8 Å². The van der Waals surface area contributed by atoms with Gasteiger partial charge in [-0.25, -0.2) is 0 Å². The van der Waals surface area contributed by atoms with Crippen molar-refractivity contribution in [2.75, 3.05) is 5.32 Å². The van der Waals surface area contributed by atoms with Gasteiger partial charge in [0.05, 0.1) is 11.0 Å². The molecule has 1 aliphatic rings. The van der Waals surface area contributed by atoms with Crippen molar-refractivity contribution in [2.45, 2.75) is 44.6 Å². The number of carbonyl (C=O) groups is 2. The predicted octanol–water partition coefficient (Wildman–Crippen LogP) is 3.00.